The second kappa shape index (κ2) is 3.87. The molecular weight excluding hydrogens is 194 g/mol. The van der Waals surface area contributed by atoms with Crippen molar-refractivity contribution in [1.29, 1.82) is 0 Å². The van der Waals surface area contributed by atoms with Crippen LogP contribution < -0.4 is 0 Å². The highest BCUT2D eigenvalue weighted by molar-refractivity contribution is 7.71. The molecule has 4 heteroatoms. The number of rotatable bonds is 2. The van der Waals surface area contributed by atoms with Crippen LogP contribution in [-0.2, 0) is 6.54 Å². The molecule has 1 saturated heterocycles. The average molecular weight is 211 g/mol. The van der Waals surface area contributed by atoms with Crippen molar-refractivity contribution in [2.45, 2.75) is 19.9 Å². The molecular formula is C10H17N3S. The number of hydrogen-bond donors (Lipinski definition) is 1. The SMILES string of the molecule is Cc1c[nH]c(=S)n1CC1CCN(C)C1. The molecule has 0 spiro atoms. The zero-order valence-electron chi connectivity index (χ0n) is 8.79. The van der Waals surface area contributed by atoms with Gasteiger partial charge in [0.1, 0.15) is 0 Å². The van der Waals surface area contributed by atoms with E-state index in [0.717, 1.165) is 17.2 Å². The Morgan fingerprint density at radius 3 is 2.93 bits per heavy atom. The number of aromatic nitrogens is 2. The van der Waals surface area contributed by atoms with E-state index >= 15 is 0 Å². The molecule has 2 heterocycles. The quantitative estimate of drug-likeness (QED) is 0.754. The van der Waals surface area contributed by atoms with Gasteiger partial charge in [0, 0.05) is 25.0 Å². The highest BCUT2D eigenvalue weighted by Gasteiger charge is 2.20. The van der Waals surface area contributed by atoms with Gasteiger partial charge in [0.15, 0.2) is 4.77 Å². The van der Waals surface area contributed by atoms with Crippen LogP contribution in [0.2, 0.25) is 0 Å². The minimum Gasteiger partial charge on any atom is -0.337 e. The van der Waals surface area contributed by atoms with Gasteiger partial charge in [0.05, 0.1) is 0 Å². The van der Waals surface area contributed by atoms with Gasteiger partial charge in [-0.15, -0.1) is 0 Å². The molecule has 0 amide bonds. The van der Waals surface area contributed by atoms with Gasteiger partial charge in [-0.1, -0.05) is 0 Å². The second-order valence-electron chi connectivity index (χ2n) is 4.26. The normalized spacial score (nSPS) is 23.1. The Kier molecular flexibility index (Phi) is 2.74. The van der Waals surface area contributed by atoms with E-state index in [1.54, 1.807) is 0 Å². The predicted molar refractivity (Wildman–Crippen MR) is 60.0 cm³/mol. The summed E-state index contributed by atoms with van der Waals surface area (Å²) in [6.45, 7) is 5.59. The summed E-state index contributed by atoms with van der Waals surface area (Å²) in [4.78, 5) is 5.47. The Labute approximate surface area is 89.7 Å². The summed E-state index contributed by atoms with van der Waals surface area (Å²) in [7, 11) is 2.18. The van der Waals surface area contributed by atoms with Crippen LogP contribution in [0.3, 0.4) is 0 Å². The number of aryl methyl sites for hydroxylation is 1. The van der Waals surface area contributed by atoms with Crippen molar-refractivity contribution in [3.8, 4) is 0 Å². The molecule has 0 radical (unpaired) electrons. The molecule has 2 rings (SSSR count). The van der Waals surface area contributed by atoms with Crippen molar-refractivity contribution in [3.05, 3.63) is 16.7 Å². The topological polar surface area (TPSA) is 24.0 Å². The summed E-state index contributed by atoms with van der Waals surface area (Å²) in [5.41, 5.74) is 1.24. The maximum atomic E-state index is 5.23. The van der Waals surface area contributed by atoms with Crippen molar-refractivity contribution in [1.82, 2.24) is 14.5 Å². The van der Waals surface area contributed by atoms with E-state index in [1.165, 1.54) is 25.2 Å². The monoisotopic (exact) mass is 211 g/mol. The van der Waals surface area contributed by atoms with E-state index in [4.69, 9.17) is 12.2 Å². The van der Waals surface area contributed by atoms with Crippen molar-refractivity contribution < 1.29 is 0 Å². The first-order valence-electron chi connectivity index (χ1n) is 5.10. The standard InChI is InChI=1S/C10H17N3S/c1-8-5-11-10(14)13(8)7-9-3-4-12(2)6-9/h5,9H,3-4,6-7H2,1-2H3,(H,11,14). The molecule has 1 fully saturated rings. The maximum Gasteiger partial charge on any atom is 0.177 e. The maximum absolute atomic E-state index is 5.23. The molecule has 0 bridgehead atoms. The first kappa shape index (κ1) is 9.93. The van der Waals surface area contributed by atoms with Crippen LogP contribution in [0, 0.1) is 17.6 Å². The van der Waals surface area contributed by atoms with E-state index in [0.29, 0.717) is 0 Å². The van der Waals surface area contributed by atoms with E-state index in [-0.39, 0.29) is 0 Å². The summed E-state index contributed by atoms with van der Waals surface area (Å²) < 4.78 is 3.07. The zero-order valence-corrected chi connectivity index (χ0v) is 9.60. The molecule has 1 aromatic rings. The minimum atomic E-state index is 0.765. The third-order valence-electron chi connectivity index (χ3n) is 3.01. The van der Waals surface area contributed by atoms with E-state index in [9.17, 15) is 0 Å². The largest absolute Gasteiger partial charge is 0.337 e. The van der Waals surface area contributed by atoms with Gasteiger partial charge in [-0.2, -0.15) is 0 Å². The highest BCUT2D eigenvalue weighted by atomic mass is 32.1. The van der Waals surface area contributed by atoms with E-state index < -0.39 is 0 Å². The van der Waals surface area contributed by atoms with Crippen LogP contribution in [0.15, 0.2) is 6.20 Å². The Morgan fingerprint density at radius 2 is 2.43 bits per heavy atom. The lowest BCUT2D eigenvalue weighted by Gasteiger charge is -2.12. The molecule has 1 unspecified atom stereocenters. The van der Waals surface area contributed by atoms with Crippen LogP contribution in [0.25, 0.3) is 0 Å². The number of hydrogen-bond acceptors (Lipinski definition) is 2. The molecule has 1 atom stereocenters. The van der Waals surface area contributed by atoms with Crippen LogP contribution in [0.4, 0.5) is 0 Å². The smallest absolute Gasteiger partial charge is 0.177 e. The fraction of sp³-hybridized carbons (Fsp3) is 0.700. The number of likely N-dealkylation sites (tertiary alicyclic amines) is 1. The average Bonchev–Trinajstić information content (AvgIpc) is 2.67. The lowest BCUT2D eigenvalue weighted by atomic mass is 10.1. The molecule has 3 nitrogen and oxygen atoms in total. The predicted octanol–water partition coefficient (Wildman–Crippen LogP) is 1.81. The van der Waals surface area contributed by atoms with Gasteiger partial charge in [-0.3, -0.25) is 0 Å². The van der Waals surface area contributed by atoms with Crippen LogP contribution in [0.5, 0.6) is 0 Å². The molecule has 1 aliphatic rings. The van der Waals surface area contributed by atoms with Gasteiger partial charge < -0.3 is 14.5 Å². The summed E-state index contributed by atoms with van der Waals surface area (Å²) >= 11 is 5.23. The number of H-pyrrole nitrogens is 1. The fourth-order valence-corrected chi connectivity index (χ4v) is 2.42. The van der Waals surface area contributed by atoms with Crippen molar-refractivity contribution in [3.63, 3.8) is 0 Å². The molecule has 1 N–H and O–H groups in total. The lowest BCUT2D eigenvalue weighted by molar-refractivity contribution is 0.376. The summed E-state index contributed by atoms with van der Waals surface area (Å²) in [5, 5.41) is 0. The Balaban J connectivity index is 2.07. The van der Waals surface area contributed by atoms with Crippen LogP contribution >= 0.6 is 12.2 Å². The van der Waals surface area contributed by atoms with Gasteiger partial charge in [-0.25, -0.2) is 0 Å². The lowest BCUT2D eigenvalue weighted by Crippen LogP contribution is -2.17. The minimum absolute atomic E-state index is 0.765. The molecule has 78 valence electrons. The third kappa shape index (κ3) is 1.91. The van der Waals surface area contributed by atoms with Crippen molar-refractivity contribution in [2.24, 2.45) is 5.92 Å². The van der Waals surface area contributed by atoms with Crippen LogP contribution in [0.1, 0.15) is 12.1 Å². The fourth-order valence-electron chi connectivity index (χ4n) is 2.14. The Morgan fingerprint density at radius 1 is 1.64 bits per heavy atom. The van der Waals surface area contributed by atoms with Gasteiger partial charge >= 0.3 is 0 Å². The third-order valence-corrected chi connectivity index (χ3v) is 3.34. The Bertz CT molecular complexity index is 366. The van der Waals surface area contributed by atoms with Gasteiger partial charge in [-0.05, 0) is 45.1 Å². The summed E-state index contributed by atoms with van der Waals surface area (Å²) in [5.74, 6) is 0.765. The van der Waals surface area contributed by atoms with Crippen molar-refractivity contribution in [2.75, 3.05) is 20.1 Å². The molecule has 0 saturated carbocycles. The zero-order chi connectivity index (χ0) is 10.1. The summed E-state index contributed by atoms with van der Waals surface area (Å²) in [6, 6.07) is 0. The highest BCUT2D eigenvalue weighted by Crippen LogP contribution is 2.17. The molecule has 0 aliphatic carbocycles. The molecule has 0 aromatic carbocycles. The first-order valence-corrected chi connectivity index (χ1v) is 5.51. The van der Waals surface area contributed by atoms with E-state index in [1.807, 2.05) is 6.20 Å². The van der Waals surface area contributed by atoms with Gasteiger partial charge in [0.2, 0.25) is 0 Å². The number of imidazole rings is 1. The summed E-state index contributed by atoms with van der Waals surface area (Å²) in [6.07, 6.45) is 3.28. The first-order chi connectivity index (χ1) is 6.66. The molecule has 1 aliphatic heterocycles. The molecule has 14 heavy (non-hydrogen) atoms. The van der Waals surface area contributed by atoms with Gasteiger partial charge in [0.25, 0.3) is 0 Å². The number of nitrogens with one attached hydrogen (secondary N) is 1. The Hall–Kier alpha value is -0.610. The van der Waals surface area contributed by atoms with E-state index in [2.05, 4.69) is 28.4 Å². The number of nitrogens with zero attached hydrogens (tertiary/aromatic N) is 2. The van der Waals surface area contributed by atoms with Crippen LogP contribution in [-0.4, -0.2) is 34.6 Å². The van der Waals surface area contributed by atoms with Crippen molar-refractivity contribution >= 4 is 12.2 Å². The number of aromatic amines is 1. The second-order valence-corrected chi connectivity index (χ2v) is 4.65. The molecule has 1 aromatic heterocycles.